The van der Waals surface area contributed by atoms with Gasteiger partial charge in [0.1, 0.15) is 0 Å². The molecule has 0 spiro atoms. The Kier molecular flexibility index (Phi) is 6.07. The molecule has 1 N–H and O–H groups in total. The summed E-state index contributed by atoms with van der Waals surface area (Å²) in [5, 5.41) is 8.90. The van der Waals surface area contributed by atoms with Crippen molar-refractivity contribution < 1.29 is 9.90 Å². The fourth-order valence-corrected chi connectivity index (χ4v) is 4.08. The Bertz CT molecular complexity index is 365. The van der Waals surface area contributed by atoms with Crippen LogP contribution in [0.3, 0.4) is 0 Å². The molecular weight excluding hydrogens is 359 g/mol. The lowest BCUT2D eigenvalue weighted by Crippen LogP contribution is -2.12. The van der Waals surface area contributed by atoms with Crippen molar-refractivity contribution in [2.24, 2.45) is 5.92 Å². The number of aryl methyl sites for hydroxylation is 1. The van der Waals surface area contributed by atoms with Gasteiger partial charge in [-0.05, 0) is 59.9 Å². The number of carbonyl (C=O) groups is 1. The molecular formula is C11H14ClIO2S. The van der Waals surface area contributed by atoms with Crippen LogP contribution in [0.2, 0.25) is 4.34 Å². The van der Waals surface area contributed by atoms with Crippen LogP contribution < -0.4 is 0 Å². The number of carboxylic acids is 1. The van der Waals surface area contributed by atoms with Crippen molar-refractivity contribution in [2.75, 3.05) is 0 Å². The Morgan fingerprint density at radius 2 is 2.38 bits per heavy atom. The molecule has 0 bridgehead atoms. The van der Waals surface area contributed by atoms with Gasteiger partial charge in [0.15, 0.2) is 0 Å². The third-order valence-corrected chi connectivity index (χ3v) is 4.77. The van der Waals surface area contributed by atoms with Crippen molar-refractivity contribution in [1.82, 2.24) is 0 Å². The summed E-state index contributed by atoms with van der Waals surface area (Å²) in [5.74, 6) is -0.898. The zero-order chi connectivity index (χ0) is 12.1. The molecule has 2 nitrogen and oxygen atoms in total. The van der Waals surface area contributed by atoms with Crippen LogP contribution in [0.1, 0.15) is 31.7 Å². The van der Waals surface area contributed by atoms with Gasteiger partial charge < -0.3 is 5.11 Å². The van der Waals surface area contributed by atoms with Crippen LogP contribution in [0.25, 0.3) is 0 Å². The highest BCUT2D eigenvalue weighted by Gasteiger charge is 2.14. The average molecular weight is 373 g/mol. The highest BCUT2D eigenvalue weighted by Crippen LogP contribution is 2.30. The standard InChI is InChI=1S/C11H14ClIO2S/c1-2-7(11(14)15)4-3-5-8-6-9(13)16-10(8)12/h6-7H,2-5H2,1H3,(H,14,15). The second kappa shape index (κ2) is 6.81. The summed E-state index contributed by atoms with van der Waals surface area (Å²) in [7, 11) is 0. The van der Waals surface area contributed by atoms with Crippen molar-refractivity contribution in [3.8, 4) is 0 Å². The minimum Gasteiger partial charge on any atom is -0.481 e. The van der Waals surface area contributed by atoms with Crippen molar-refractivity contribution in [3.63, 3.8) is 0 Å². The minimum absolute atomic E-state index is 0.212. The highest BCUT2D eigenvalue weighted by molar-refractivity contribution is 14.1. The molecule has 90 valence electrons. The van der Waals surface area contributed by atoms with Crippen LogP contribution in [0.5, 0.6) is 0 Å². The first-order valence-corrected chi connectivity index (χ1v) is 7.48. The molecule has 1 aromatic rings. The SMILES string of the molecule is CCC(CCCc1cc(I)sc1Cl)C(=O)O. The van der Waals surface area contributed by atoms with E-state index >= 15 is 0 Å². The molecule has 0 amide bonds. The van der Waals surface area contributed by atoms with E-state index in [1.807, 2.05) is 6.92 Å². The van der Waals surface area contributed by atoms with E-state index < -0.39 is 5.97 Å². The Hall–Kier alpha value is 0.190. The molecule has 0 aliphatic heterocycles. The smallest absolute Gasteiger partial charge is 0.306 e. The molecule has 0 aliphatic carbocycles. The van der Waals surface area contributed by atoms with Gasteiger partial charge in [-0.2, -0.15) is 0 Å². The number of rotatable bonds is 6. The van der Waals surface area contributed by atoms with Gasteiger partial charge in [0, 0.05) is 0 Å². The van der Waals surface area contributed by atoms with Crippen LogP contribution >= 0.6 is 45.5 Å². The van der Waals surface area contributed by atoms with Gasteiger partial charge in [-0.3, -0.25) is 4.79 Å². The van der Waals surface area contributed by atoms with E-state index in [-0.39, 0.29) is 5.92 Å². The molecule has 1 atom stereocenters. The molecule has 1 heterocycles. The summed E-state index contributed by atoms with van der Waals surface area (Å²) in [4.78, 5) is 10.8. The molecule has 0 saturated heterocycles. The largest absolute Gasteiger partial charge is 0.481 e. The summed E-state index contributed by atoms with van der Waals surface area (Å²) in [6, 6.07) is 2.08. The molecule has 0 aliphatic rings. The van der Waals surface area contributed by atoms with Crippen LogP contribution in [-0.4, -0.2) is 11.1 Å². The Morgan fingerprint density at radius 1 is 1.69 bits per heavy atom. The van der Waals surface area contributed by atoms with Gasteiger partial charge in [0.25, 0.3) is 0 Å². The van der Waals surface area contributed by atoms with Gasteiger partial charge in [0.05, 0.1) is 13.1 Å². The summed E-state index contributed by atoms with van der Waals surface area (Å²) >= 11 is 9.88. The van der Waals surface area contributed by atoms with E-state index in [0.29, 0.717) is 6.42 Å². The Morgan fingerprint density at radius 3 is 2.81 bits per heavy atom. The number of halogens is 2. The van der Waals surface area contributed by atoms with Crippen molar-refractivity contribution >= 4 is 51.5 Å². The summed E-state index contributed by atoms with van der Waals surface area (Å²) in [6.45, 7) is 1.92. The van der Waals surface area contributed by atoms with E-state index in [4.69, 9.17) is 16.7 Å². The zero-order valence-electron chi connectivity index (χ0n) is 9.00. The first kappa shape index (κ1) is 14.3. The number of hydrogen-bond acceptors (Lipinski definition) is 2. The lowest BCUT2D eigenvalue weighted by molar-refractivity contribution is -0.142. The van der Waals surface area contributed by atoms with Crippen LogP contribution in [-0.2, 0) is 11.2 Å². The third kappa shape index (κ3) is 4.22. The van der Waals surface area contributed by atoms with E-state index in [0.717, 1.165) is 29.2 Å². The fraction of sp³-hybridized carbons (Fsp3) is 0.545. The van der Waals surface area contributed by atoms with Crippen LogP contribution in [0, 0.1) is 8.80 Å². The summed E-state index contributed by atoms with van der Waals surface area (Å²) in [5.41, 5.74) is 1.15. The number of carboxylic acid groups (broad SMARTS) is 1. The van der Waals surface area contributed by atoms with E-state index in [9.17, 15) is 4.79 Å². The van der Waals surface area contributed by atoms with E-state index in [2.05, 4.69) is 28.7 Å². The van der Waals surface area contributed by atoms with Gasteiger partial charge in [0.2, 0.25) is 0 Å². The van der Waals surface area contributed by atoms with Gasteiger partial charge in [-0.15, -0.1) is 11.3 Å². The van der Waals surface area contributed by atoms with Crippen molar-refractivity contribution in [2.45, 2.75) is 32.6 Å². The zero-order valence-corrected chi connectivity index (χ0v) is 12.7. The molecule has 0 radical (unpaired) electrons. The van der Waals surface area contributed by atoms with Gasteiger partial charge in [-0.25, -0.2) is 0 Å². The fourth-order valence-electron chi connectivity index (χ4n) is 1.59. The molecule has 1 aromatic heterocycles. The van der Waals surface area contributed by atoms with E-state index in [1.165, 1.54) is 2.88 Å². The maximum Gasteiger partial charge on any atom is 0.306 e. The topological polar surface area (TPSA) is 37.3 Å². The average Bonchev–Trinajstić information content (AvgIpc) is 2.52. The molecule has 0 saturated carbocycles. The first-order chi connectivity index (χ1) is 7.54. The predicted octanol–water partition coefficient (Wildman–Crippen LogP) is 4.44. The molecule has 1 unspecified atom stereocenters. The monoisotopic (exact) mass is 372 g/mol. The predicted molar refractivity (Wildman–Crippen MR) is 76.4 cm³/mol. The molecule has 5 heteroatoms. The second-order valence-electron chi connectivity index (χ2n) is 3.69. The third-order valence-electron chi connectivity index (χ3n) is 2.57. The molecule has 1 rings (SSSR count). The number of thiophene rings is 1. The van der Waals surface area contributed by atoms with Crippen LogP contribution in [0.4, 0.5) is 0 Å². The Labute approximate surface area is 118 Å². The normalized spacial score (nSPS) is 12.7. The van der Waals surface area contributed by atoms with Crippen molar-refractivity contribution in [1.29, 1.82) is 0 Å². The number of aliphatic carboxylic acids is 1. The first-order valence-electron chi connectivity index (χ1n) is 5.21. The highest BCUT2D eigenvalue weighted by atomic mass is 127. The lowest BCUT2D eigenvalue weighted by Gasteiger charge is -2.08. The lowest BCUT2D eigenvalue weighted by atomic mass is 9.98. The quantitative estimate of drug-likeness (QED) is 0.750. The van der Waals surface area contributed by atoms with Crippen LogP contribution in [0.15, 0.2) is 6.07 Å². The summed E-state index contributed by atoms with van der Waals surface area (Å²) < 4.78 is 2.02. The molecule has 0 aromatic carbocycles. The van der Waals surface area contributed by atoms with E-state index in [1.54, 1.807) is 11.3 Å². The van der Waals surface area contributed by atoms with Gasteiger partial charge >= 0.3 is 5.97 Å². The van der Waals surface area contributed by atoms with Gasteiger partial charge in [-0.1, -0.05) is 18.5 Å². The minimum atomic E-state index is -0.687. The maximum absolute atomic E-state index is 10.8. The number of hydrogen-bond donors (Lipinski definition) is 1. The second-order valence-corrected chi connectivity index (χ2v) is 7.23. The Balaban J connectivity index is 2.40. The molecule has 0 fully saturated rings. The molecule has 16 heavy (non-hydrogen) atoms. The maximum atomic E-state index is 10.8. The van der Waals surface area contributed by atoms with Crippen molar-refractivity contribution in [3.05, 3.63) is 18.9 Å². The summed E-state index contributed by atoms with van der Waals surface area (Å²) in [6.07, 6.45) is 3.19.